The van der Waals surface area contributed by atoms with E-state index in [4.69, 9.17) is 37.8 Å². The fraction of sp³-hybridized carbons (Fsp3) is 0.133. The number of ether oxygens (including phenoxy) is 2. The lowest BCUT2D eigenvalue weighted by Crippen LogP contribution is -2.03. The van der Waals surface area contributed by atoms with Crippen molar-refractivity contribution in [3.05, 3.63) is 57.6 Å². The van der Waals surface area contributed by atoms with Crippen LogP contribution in [0.3, 0.4) is 0 Å². The molecular weight excluding hydrogens is 315 g/mol. The maximum absolute atomic E-state index is 11.1. The third kappa shape index (κ3) is 3.80. The highest BCUT2D eigenvalue weighted by atomic mass is 35.5. The van der Waals surface area contributed by atoms with E-state index in [0.29, 0.717) is 27.1 Å². The molecule has 110 valence electrons. The largest absolute Gasteiger partial charge is 0.496 e. The van der Waals surface area contributed by atoms with Gasteiger partial charge in [-0.15, -0.1) is 0 Å². The second kappa shape index (κ2) is 6.70. The minimum Gasteiger partial charge on any atom is -0.496 e. The maximum Gasteiger partial charge on any atom is 0.339 e. The Bertz CT molecular complexity index is 671. The van der Waals surface area contributed by atoms with Crippen LogP contribution >= 0.6 is 23.2 Å². The maximum atomic E-state index is 11.1. The molecule has 0 radical (unpaired) electrons. The summed E-state index contributed by atoms with van der Waals surface area (Å²) in [5.41, 5.74) is 0.764. The topological polar surface area (TPSA) is 55.8 Å². The molecule has 0 unspecified atom stereocenters. The van der Waals surface area contributed by atoms with E-state index in [2.05, 4.69) is 0 Å². The van der Waals surface area contributed by atoms with Crippen LogP contribution in [0, 0.1) is 0 Å². The first-order valence-corrected chi connectivity index (χ1v) is 6.75. The van der Waals surface area contributed by atoms with Crippen LogP contribution in [0.5, 0.6) is 11.5 Å². The number of carboxylic acids is 1. The summed E-state index contributed by atoms with van der Waals surface area (Å²) in [5, 5.41) is 10.1. The number of benzene rings is 2. The summed E-state index contributed by atoms with van der Waals surface area (Å²) in [6, 6.07) is 9.71. The van der Waals surface area contributed by atoms with Gasteiger partial charge in [0.15, 0.2) is 0 Å². The molecule has 0 amide bonds. The van der Waals surface area contributed by atoms with Gasteiger partial charge in [-0.3, -0.25) is 0 Å². The van der Waals surface area contributed by atoms with Crippen LogP contribution in [0.25, 0.3) is 0 Å². The smallest absolute Gasteiger partial charge is 0.339 e. The number of carboxylic acid groups (broad SMARTS) is 1. The summed E-state index contributed by atoms with van der Waals surface area (Å²) >= 11 is 11.9. The molecule has 0 heterocycles. The van der Waals surface area contributed by atoms with Crippen molar-refractivity contribution in [1.82, 2.24) is 0 Å². The molecule has 0 aromatic heterocycles. The van der Waals surface area contributed by atoms with Crippen LogP contribution in [0.2, 0.25) is 10.0 Å². The molecule has 0 atom stereocenters. The van der Waals surface area contributed by atoms with E-state index in [-0.39, 0.29) is 12.2 Å². The number of halogens is 2. The fourth-order valence-corrected chi connectivity index (χ4v) is 2.10. The lowest BCUT2D eigenvalue weighted by atomic mass is 10.1. The van der Waals surface area contributed by atoms with Crippen LogP contribution in [-0.4, -0.2) is 18.2 Å². The molecule has 0 spiro atoms. The van der Waals surface area contributed by atoms with Crippen molar-refractivity contribution in [2.75, 3.05) is 7.11 Å². The lowest BCUT2D eigenvalue weighted by Gasteiger charge is -2.10. The molecule has 2 aromatic rings. The molecule has 0 fully saturated rings. The number of carbonyl (C=O) groups is 1. The normalized spacial score (nSPS) is 10.2. The number of methoxy groups -OCH3 is 1. The van der Waals surface area contributed by atoms with Gasteiger partial charge in [0.2, 0.25) is 0 Å². The highest BCUT2D eigenvalue weighted by Crippen LogP contribution is 2.29. The predicted octanol–water partition coefficient (Wildman–Crippen LogP) is 4.28. The average molecular weight is 327 g/mol. The number of hydrogen-bond donors (Lipinski definition) is 1. The molecule has 0 bridgehead atoms. The zero-order chi connectivity index (χ0) is 15.4. The molecule has 6 heteroatoms. The first kappa shape index (κ1) is 15.5. The van der Waals surface area contributed by atoms with Gasteiger partial charge in [-0.2, -0.15) is 0 Å². The fourth-order valence-electron chi connectivity index (χ4n) is 1.76. The molecular formula is C15H12Cl2O4. The van der Waals surface area contributed by atoms with Crippen molar-refractivity contribution < 1.29 is 19.4 Å². The van der Waals surface area contributed by atoms with Crippen LogP contribution in [0.15, 0.2) is 36.4 Å². The van der Waals surface area contributed by atoms with Gasteiger partial charge in [0, 0.05) is 11.1 Å². The Hall–Kier alpha value is -1.91. The Labute approximate surface area is 131 Å². The third-order valence-electron chi connectivity index (χ3n) is 2.78. The molecule has 0 saturated heterocycles. The summed E-state index contributed by atoms with van der Waals surface area (Å²) < 4.78 is 10.6. The third-order valence-corrected chi connectivity index (χ3v) is 3.33. The molecule has 2 rings (SSSR count). The van der Waals surface area contributed by atoms with Gasteiger partial charge in [0.1, 0.15) is 23.7 Å². The molecule has 2 aromatic carbocycles. The quantitative estimate of drug-likeness (QED) is 0.890. The Morgan fingerprint density at radius 3 is 2.57 bits per heavy atom. The van der Waals surface area contributed by atoms with Crippen LogP contribution in [0.4, 0.5) is 0 Å². The van der Waals surface area contributed by atoms with Gasteiger partial charge in [0.25, 0.3) is 0 Å². The van der Waals surface area contributed by atoms with Gasteiger partial charge in [-0.1, -0.05) is 29.3 Å². The van der Waals surface area contributed by atoms with Gasteiger partial charge in [0.05, 0.1) is 12.1 Å². The van der Waals surface area contributed by atoms with Gasteiger partial charge >= 0.3 is 5.97 Å². The number of aromatic carboxylic acids is 1. The Morgan fingerprint density at radius 1 is 1.14 bits per heavy atom. The van der Waals surface area contributed by atoms with E-state index in [1.165, 1.54) is 13.2 Å². The molecule has 1 N–H and O–H groups in total. The highest BCUT2D eigenvalue weighted by molar-refractivity contribution is 6.34. The Kier molecular flexibility index (Phi) is 4.94. The molecule has 4 nitrogen and oxygen atoms in total. The summed E-state index contributed by atoms with van der Waals surface area (Å²) in [6.07, 6.45) is 0. The first-order chi connectivity index (χ1) is 10.0. The highest BCUT2D eigenvalue weighted by Gasteiger charge is 2.12. The van der Waals surface area contributed by atoms with Crippen molar-refractivity contribution in [2.45, 2.75) is 6.61 Å². The van der Waals surface area contributed by atoms with Crippen molar-refractivity contribution in [3.8, 4) is 11.5 Å². The van der Waals surface area contributed by atoms with E-state index in [0.717, 1.165) is 0 Å². The van der Waals surface area contributed by atoms with Crippen molar-refractivity contribution in [2.24, 2.45) is 0 Å². The predicted molar refractivity (Wildman–Crippen MR) is 80.7 cm³/mol. The first-order valence-electron chi connectivity index (χ1n) is 5.99. The summed E-state index contributed by atoms with van der Waals surface area (Å²) in [6.45, 7) is 0.171. The second-order valence-corrected chi connectivity index (χ2v) is 5.05. The Balaban J connectivity index is 2.18. The molecule has 0 aliphatic carbocycles. The van der Waals surface area contributed by atoms with E-state index in [9.17, 15) is 4.79 Å². The minimum atomic E-state index is -1.06. The molecule has 0 aliphatic rings. The minimum absolute atomic E-state index is 0.0794. The number of rotatable bonds is 5. The summed E-state index contributed by atoms with van der Waals surface area (Å²) in [5.74, 6) is -0.321. The second-order valence-electron chi connectivity index (χ2n) is 4.20. The lowest BCUT2D eigenvalue weighted by molar-refractivity contribution is 0.0693. The van der Waals surface area contributed by atoms with Crippen molar-refractivity contribution >= 4 is 29.2 Å². The van der Waals surface area contributed by atoms with E-state index >= 15 is 0 Å². The van der Waals surface area contributed by atoms with E-state index in [1.807, 2.05) is 0 Å². The van der Waals surface area contributed by atoms with Crippen LogP contribution < -0.4 is 9.47 Å². The van der Waals surface area contributed by atoms with Gasteiger partial charge < -0.3 is 14.6 Å². The van der Waals surface area contributed by atoms with Crippen LogP contribution in [-0.2, 0) is 6.61 Å². The SMILES string of the molecule is COc1ccc(COc2cc(Cl)ccc2Cl)cc1C(=O)O. The van der Waals surface area contributed by atoms with Gasteiger partial charge in [-0.25, -0.2) is 4.79 Å². The number of hydrogen-bond acceptors (Lipinski definition) is 3. The van der Waals surface area contributed by atoms with Crippen molar-refractivity contribution in [1.29, 1.82) is 0 Å². The monoisotopic (exact) mass is 326 g/mol. The Morgan fingerprint density at radius 2 is 1.90 bits per heavy atom. The van der Waals surface area contributed by atoms with Crippen LogP contribution in [0.1, 0.15) is 15.9 Å². The standard InChI is InChI=1S/C15H12Cl2O4/c1-20-13-5-2-9(6-11(13)15(18)19)8-21-14-7-10(16)3-4-12(14)17/h2-7H,8H2,1H3,(H,18,19). The summed E-state index contributed by atoms with van der Waals surface area (Å²) in [4.78, 5) is 11.1. The average Bonchev–Trinajstić information content (AvgIpc) is 2.47. The van der Waals surface area contributed by atoms with E-state index < -0.39 is 5.97 Å². The van der Waals surface area contributed by atoms with Crippen molar-refractivity contribution in [3.63, 3.8) is 0 Å². The molecule has 0 aliphatic heterocycles. The van der Waals surface area contributed by atoms with Gasteiger partial charge in [-0.05, 0) is 29.8 Å². The molecule has 0 saturated carbocycles. The molecule has 21 heavy (non-hydrogen) atoms. The zero-order valence-electron chi connectivity index (χ0n) is 11.1. The van der Waals surface area contributed by atoms with E-state index in [1.54, 1.807) is 30.3 Å². The zero-order valence-corrected chi connectivity index (χ0v) is 12.6. The summed E-state index contributed by atoms with van der Waals surface area (Å²) in [7, 11) is 1.42.